The standard InChI is InChI=1S/C52H30S/c1-23-19-39-31-12-11-29-27-7-5-10-34-44(27)48(35-15-14-32(43(31)46(29)35)40(39)20-24(23)2)33-9-6-8-28-30-13-16-37-50-38(18-17-36(47(30)50)49(34)45(28)33)52-51(37)41-21-25(3)26(4)22-42(41)53-52/h5-22H,1-4H3. The molecule has 0 amide bonds. The van der Waals surface area contributed by atoms with E-state index in [2.05, 4.69) is 137 Å². The molecule has 0 saturated heterocycles. The molecule has 14 rings (SSSR count). The van der Waals surface area contributed by atoms with Gasteiger partial charge in [0.1, 0.15) is 0 Å². The minimum absolute atomic E-state index is 1.36. The Balaban J connectivity index is 1.19. The summed E-state index contributed by atoms with van der Waals surface area (Å²) in [4.78, 5) is 1.43. The molecule has 11 aromatic carbocycles. The maximum atomic E-state index is 2.46. The summed E-state index contributed by atoms with van der Waals surface area (Å²) in [7, 11) is 0. The van der Waals surface area contributed by atoms with Gasteiger partial charge in [0.25, 0.3) is 0 Å². The highest BCUT2D eigenvalue weighted by molar-refractivity contribution is 7.23. The molecule has 12 aromatic rings. The maximum Gasteiger partial charge on any atom is 0.0440 e. The van der Waals surface area contributed by atoms with Crippen LogP contribution in [0.15, 0.2) is 109 Å². The second-order valence-electron chi connectivity index (χ2n) is 16.1. The van der Waals surface area contributed by atoms with Crippen LogP contribution >= 0.6 is 11.3 Å². The van der Waals surface area contributed by atoms with Gasteiger partial charge in [-0.05, 0) is 176 Å². The molecule has 1 aromatic heterocycles. The highest BCUT2D eigenvalue weighted by Crippen LogP contribution is 2.59. The monoisotopic (exact) mass is 686 g/mol. The SMILES string of the molecule is Cc1cc2c(cc1C)-c1ccc3c4c1c-2ccc4c1cccc2c1c3c1cccc3c4ccc5c6c(ccc(c64)c2c31)-c1sc2cc(C)c(C)cc2c1-5. The van der Waals surface area contributed by atoms with Crippen LogP contribution in [-0.4, -0.2) is 0 Å². The first-order valence-electron chi connectivity index (χ1n) is 18.8. The lowest BCUT2D eigenvalue weighted by Crippen LogP contribution is -1.93. The highest BCUT2D eigenvalue weighted by atomic mass is 32.1. The summed E-state index contributed by atoms with van der Waals surface area (Å²) in [6, 6.07) is 43.3. The van der Waals surface area contributed by atoms with Crippen molar-refractivity contribution in [2.45, 2.75) is 27.7 Å². The van der Waals surface area contributed by atoms with Crippen molar-refractivity contribution in [3.05, 3.63) is 131 Å². The fourth-order valence-electron chi connectivity index (χ4n) is 11.1. The molecule has 0 N–H and O–H groups in total. The van der Waals surface area contributed by atoms with E-state index in [9.17, 15) is 0 Å². The van der Waals surface area contributed by atoms with Crippen molar-refractivity contribution in [2.24, 2.45) is 0 Å². The number of thiophene rings is 1. The molecule has 0 radical (unpaired) electrons. The average Bonchev–Trinajstić information content (AvgIpc) is 3.80. The Bertz CT molecular complexity index is 3720. The molecule has 0 saturated carbocycles. The second-order valence-corrected chi connectivity index (χ2v) is 17.1. The molecule has 0 fully saturated rings. The zero-order valence-corrected chi connectivity index (χ0v) is 30.6. The zero-order valence-electron chi connectivity index (χ0n) is 29.8. The first-order chi connectivity index (χ1) is 26.0. The van der Waals surface area contributed by atoms with E-state index in [1.807, 2.05) is 11.3 Å². The Morgan fingerprint density at radius 2 is 0.698 bits per heavy atom. The molecular formula is C52H30S. The highest BCUT2D eigenvalue weighted by Gasteiger charge is 2.31. The van der Waals surface area contributed by atoms with Crippen molar-refractivity contribution in [1.82, 2.24) is 0 Å². The number of benzene rings is 11. The molecule has 2 aliphatic rings. The minimum Gasteiger partial charge on any atom is -0.134 e. The quantitative estimate of drug-likeness (QED) is 0.110. The van der Waals surface area contributed by atoms with Crippen LogP contribution in [0.2, 0.25) is 0 Å². The molecule has 2 aliphatic carbocycles. The smallest absolute Gasteiger partial charge is 0.0440 e. The number of hydrogen-bond acceptors (Lipinski definition) is 1. The topological polar surface area (TPSA) is 0 Å². The molecule has 0 bridgehead atoms. The second kappa shape index (κ2) is 8.77. The van der Waals surface area contributed by atoms with Crippen molar-refractivity contribution >= 4 is 108 Å². The van der Waals surface area contributed by atoms with E-state index in [4.69, 9.17) is 0 Å². The normalized spacial score (nSPS) is 13.3. The van der Waals surface area contributed by atoms with Gasteiger partial charge in [-0.15, -0.1) is 11.3 Å². The van der Waals surface area contributed by atoms with Gasteiger partial charge in [-0.2, -0.15) is 0 Å². The summed E-state index contributed by atoms with van der Waals surface area (Å²) in [5.74, 6) is 0. The summed E-state index contributed by atoms with van der Waals surface area (Å²) in [5, 5.41) is 23.6. The third-order valence-electron chi connectivity index (χ3n) is 13.6. The fraction of sp³-hybridized carbons (Fsp3) is 0.0769. The Hall–Kier alpha value is -6.02. The van der Waals surface area contributed by atoms with Crippen LogP contribution in [0.25, 0.3) is 140 Å². The minimum atomic E-state index is 1.36. The molecule has 0 atom stereocenters. The number of rotatable bonds is 0. The van der Waals surface area contributed by atoms with Gasteiger partial charge in [0.2, 0.25) is 0 Å². The molecule has 53 heavy (non-hydrogen) atoms. The molecule has 0 spiro atoms. The Labute approximate surface area is 309 Å². The molecule has 1 heteroatoms. The van der Waals surface area contributed by atoms with Crippen LogP contribution in [0.1, 0.15) is 22.3 Å². The van der Waals surface area contributed by atoms with Gasteiger partial charge < -0.3 is 0 Å². The van der Waals surface area contributed by atoms with Gasteiger partial charge in [0.15, 0.2) is 0 Å². The third kappa shape index (κ3) is 2.94. The van der Waals surface area contributed by atoms with Crippen LogP contribution in [0.5, 0.6) is 0 Å². The lowest BCUT2D eigenvalue weighted by Gasteiger charge is -2.22. The summed E-state index contributed by atoms with van der Waals surface area (Å²) >= 11 is 1.97. The zero-order chi connectivity index (χ0) is 34.8. The van der Waals surface area contributed by atoms with E-state index in [-0.39, 0.29) is 0 Å². The number of fused-ring (bicyclic) bond motifs is 14. The summed E-state index contributed by atoms with van der Waals surface area (Å²) in [5.41, 5.74) is 15.2. The van der Waals surface area contributed by atoms with Crippen molar-refractivity contribution in [1.29, 1.82) is 0 Å². The first kappa shape index (κ1) is 27.6. The van der Waals surface area contributed by atoms with Crippen molar-refractivity contribution in [2.75, 3.05) is 0 Å². The van der Waals surface area contributed by atoms with Gasteiger partial charge in [0.05, 0.1) is 0 Å². The molecule has 1 heterocycles. The fourth-order valence-corrected chi connectivity index (χ4v) is 12.4. The Morgan fingerprint density at radius 1 is 0.302 bits per heavy atom. The van der Waals surface area contributed by atoms with Gasteiger partial charge >= 0.3 is 0 Å². The molecule has 0 unspecified atom stereocenters. The molecule has 0 aliphatic heterocycles. The van der Waals surface area contributed by atoms with Crippen LogP contribution in [0.4, 0.5) is 0 Å². The van der Waals surface area contributed by atoms with Crippen LogP contribution in [0.3, 0.4) is 0 Å². The van der Waals surface area contributed by atoms with E-state index < -0.39 is 0 Å². The number of aryl methyl sites for hydroxylation is 4. The van der Waals surface area contributed by atoms with Crippen molar-refractivity contribution in [3.63, 3.8) is 0 Å². The van der Waals surface area contributed by atoms with Crippen LogP contribution < -0.4 is 0 Å². The summed E-state index contributed by atoms with van der Waals surface area (Å²) < 4.78 is 1.40. The molecule has 0 nitrogen and oxygen atoms in total. The van der Waals surface area contributed by atoms with Gasteiger partial charge in [0, 0.05) is 26.1 Å². The first-order valence-corrected chi connectivity index (χ1v) is 19.7. The lowest BCUT2D eigenvalue weighted by atomic mass is 9.81. The van der Waals surface area contributed by atoms with E-state index >= 15 is 0 Å². The predicted molar refractivity (Wildman–Crippen MR) is 232 cm³/mol. The van der Waals surface area contributed by atoms with Crippen molar-refractivity contribution in [3.8, 4) is 43.8 Å². The molecular weight excluding hydrogens is 657 g/mol. The number of hydrogen-bond donors (Lipinski definition) is 0. The summed E-state index contributed by atoms with van der Waals surface area (Å²) in [6.07, 6.45) is 0. The average molecular weight is 687 g/mol. The van der Waals surface area contributed by atoms with Gasteiger partial charge in [-0.25, -0.2) is 0 Å². The van der Waals surface area contributed by atoms with E-state index in [0.29, 0.717) is 0 Å². The summed E-state index contributed by atoms with van der Waals surface area (Å²) in [6.45, 7) is 8.98. The van der Waals surface area contributed by atoms with Crippen LogP contribution in [0, 0.1) is 27.7 Å². The lowest BCUT2D eigenvalue weighted by molar-refractivity contribution is 1.35. The van der Waals surface area contributed by atoms with Crippen molar-refractivity contribution < 1.29 is 0 Å². The van der Waals surface area contributed by atoms with Gasteiger partial charge in [-0.1, -0.05) is 97.1 Å². The Morgan fingerprint density at radius 3 is 1.30 bits per heavy atom. The third-order valence-corrected chi connectivity index (χ3v) is 14.8. The predicted octanol–water partition coefficient (Wildman–Crippen LogP) is 15.5. The largest absolute Gasteiger partial charge is 0.134 e. The van der Waals surface area contributed by atoms with E-state index in [1.165, 1.54) is 162 Å². The molecule has 244 valence electrons. The van der Waals surface area contributed by atoms with Crippen LogP contribution in [-0.2, 0) is 0 Å². The van der Waals surface area contributed by atoms with E-state index in [0.717, 1.165) is 0 Å². The van der Waals surface area contributed by atoms with Gasteiger partial charge in [-0.3, -0.25) is 0 Å². The van der Waals surface area contributed by atoms with E-state index in [1.54, 1.807) is 0 Å². The maximum absolute atomic E-state index is 2.46. The Kier molecular flexibility index (Phi) is 4.57.